The largest absolute Gasteiger partial charge is 0.504 e. The Bertz CT molecular complexity index is 441. The van der Waals surface area contributed by atoms with Gasteiger partial charge >= 0.3 is 0 Å². The zero-order valence-electron chi connectivity index (χ0n) is 10.3. The van der Waals surface area contributed by atoms with Crippen LogP contribution in [0.25, 0.3) is 0 Å². The molecule has 0 amide bonds. The number of ether oxygens (including phenoxy) is 1. The van der Waals surface area contributed by atoms with Crippen molar-refractivity contribution in [3.05, 3.63) is 23.8 Å². The van der Waals surface area contributed by atoms with Gasteiger partial charge in [-0.1, -0.05) is 0 Å². The molecule has 1 aliphatic rings. The second kappa shape index (κ2) is 5.37. The Balaban J connectivity index is 2.00. The summed E-state index contributed by atoms with van der Waals surface area (Å²) >= 11 is 0. The van der Waals surface area contributed by atoms with E-state index in [-0.39, 0.29) is 29.9 Å². The molecule has 5 heteroatoms. The third kappa shape index (κ3) is 2.80. The Hall–Kier alpha value is -1.59. The highest BCUT2D eigenvalue weighted by Gasteiger charge is 2.22. The fourth-order valence-electron chi connectivity index (χ4n) is 2.01. The average Bonchev–Trinajstić information content (AvgIpc) is 2.86. The van der Waals surface area contributed by atoms with Crippen molar-refractivity contribution in [3.63, 3.8) is 0 Å². The van der Waals surface area contributed by atoms with Gasteiger partial charge < -0.3 is 14.9 Å². The molecule has 1 fully saturated rings. The topological polar surface area (TPSA) is 70.0 Å². The number of Topliss-reactive ketones (excluding diaryl/α,β-unsaturated/α-hetero) is 1. The van der Waals surface area contributed by atoms with Crippen LogP contribution < -0.4 is 0 Å². The molecule has 0 saturated carbocycles. The molecule has 0 radical (unpaired) electrons. The lowest BCUT2D eigenvalue weighted by molar-refractivity contribution is 0.0906. The first-order chi connectivity index (χ1) is 8.58. The van der Waals surface area contributed by atoms with Crippen LogP contribution in [0.2, 0.25) is 0 Å². The zero-order chi connectivity index (χ0) is 13.1. The number of carbonyl (C=O) groups is 1. The van der Waals surface area contributed by atoms with Gasteiger partial charge in [-0.05, 0) is 31.7 Å². The normalized spacial score (nSPS) is 19.3. The lowest BCUT2D eigenvalue weighted by Crippen LogP contribution is -2.36. The quantitative estimate of drug-likeness (QED) is 0.617. The molecular weight excluding hydrogens is 234 g/mol. The molecule has 0 aromatic heterocycles. The summed E-state index contributed by atoms with van der Waals surface area (Å²) in [6, 6.07) is 4.40. The van der Waals surface area contributed by atoms with Crippen LogP contribution in [0.15, 0.2) is 18.2 Å². The Morgan fingerprint density at radius 3 is 2.83 bits per heavy atom. The second-order valence-corrected chi connectivity index (χ2v) is 4.56. The van der Waals surface area contributed by atoms with Gasteiger partial charge in [0, 0.05) is 18.2 Å². The van der Waals surface area contributed by atoms with E-state index >= 15 is 0 Å². The van der Waals surface area contributed by atoms with Crippen molar-refractivity contribution >= 4 is 5.78 Å². The van der Waals surface area contributed by atoms with Crippen molar-refractivity contribution in [2.45, 2.75) is 12.5 Å². The number of carbonyl (C=O) groups excluding carboxylic acids is 1. The first-order valence-corrected chi connectivity index (χ1v) is 5.91. The molecule has 0 aliphatic carbocycles. The van der Waals surface area contributed by atoms with Gasteiger partial charge in [-0.25, -0.2) is 0 Å². The molecule has 5 nitrogen and oxygen atoms in total. The van der Waals surface area contributed by atoms with Gasteiger partial charge in [0.1, 0.15) is 0 Å². The zero-order valence-corrected chi connectivity index (χ0v) is 10.3. The number of ketones is 1. The van der Waals surface area contributed by atoms with E-state index in [4.69, 9.17) is 4.74 Å². The number of phenols is 2. The molecule has 1 unspecified atom stereocenters. The van der Waals surface area contributed by atoms with Crippen LogP contribution in [0.3, 0.4) is 0 Å². The van der Waals surface area contributed by atoms with Gasteiger partial charge in [-0.15, -0.1) is 0 Å². The number of likely N-dealkylation sites (N-methyl/N-ethyl adjacent to an activating group) is 1. The third-order valence-electron chi connectivity index (χ3n) is 3.22. The van der Waals surface area contributed by atoms with Crippen molar-refractivity contribution in [1.29, 1.82) is 0 Å². The minimum atomic E-state index is -0.271. The first kappa shape index (κ1) is 12.9. The maximum Gasteiger partial charge on any atom is 0.176 e. The highest BCUT2D eigenvalue weighted by Crippen LogP contribution is 2.25. The Morgan fingerprint density at radius 1 is 1.44 bits per heavy atom. The van der Waals surface area contributed by atoms with E-state index in [0.29, 0.717) is 12.2 Å². The van der Waals surface area contributed by atoms with Crippen LogP contribution in [0.4, 0.5) is 0 Å². The van der Waals surface area contributed by atoms with Crippen LogP contribution in [0.5, 0.6) is 11.5 Å². The fourth-order valence-corrected chi connectivity index (χ4v) is 2.01. The number of benzene rings is 1. The SMILES string of the molecule is CN(CC(=O)c1ccc(O)c(O)c1)C1CCOC1. The van der Waals surface area contributed by atoms with Crippen molar-refractivity contribution in [2.75, 3.05) is 26.8 Å². The van der Waals surface area contributed by atoms with Gasteiger partial charge in [0.25, 0.3) is 0 Å². The molecule has 2 N–H and O–H groups in total. The minimum Gasteiger partial charge on any atom is -0.504 e. The summed E-state index contributed by atoms with van der Waals surface area (Å²) in [7, 11) is 1.89. The van der Waals surface area contributed by atoms with E-state index in [1.54, 1.807) is 0 Å². The summed E-state index contributed by atoms with van der Waals surface area (Å²) in [6.45, 7) is 1.67. The maximum absolute atomic E-state index is 12.0. The smallest absolute Gasteiger partial charge is 0.176 e. The van der Waals surface area contributed by atoms with E-state index in [0.717, 1.165) is 13.0 Å². The summed E-state index contributed by atoms with van der Waals surface area (Å²) in [5.41, 5.74) is 0.399. The van der Waals surface area contributed by atoms with Crippen molar-refractivity contribution in [3.8, 4) is 11.5 Å². The van der Waals surface area contributed by atoms with E-state index in [1.165, 1.54) is 18.2 Å². The average molecular weight is 251 g/mol. The minimum absolute atomic E-state index is 0.0836. The summed E-state index contributed by atoms with van der Waals surface area (Å²) in [5, 5.41) is 18.6. The van der Waals surface area contributed by atoms with Crippen LogP contribution in [0.1, 0.15) is 16.8 Å². The molecular formula is C13H17NO4. The predicted octanol–water partition coefficient (Wildman–Crippen LogP) is 1.00. The van der Waals surface area contributed by atoms with Crippen LogP contribution in [-0.4, -0.2) is 53.7 Å². The summed E-state index contributed by atoms with van der Waals surface area (Å²) in [5.74, 6) is -0.573. The molecule has 98 valence electrons. The number of rotatable bonds is 4. The number of hydrogen-bond donors (Lipinski definition) is 2. The Morgan fingerprint density at radius 2 is 2.22 bits per heavy atom. The summed E-state index contributed by atoms with van der Waals surface area (Å²) in [6.07, 6.45) is 0.935. The number of aromatic hydroxyl groups is 2. The van der Waals surface area contributed by atoms with Gasteiger partial charge in [0.05, 0.1) is 13.2 Å². The van der Waals surface area contributed by atoms with Crippen molar-refractivity contribution in [1.82, 2.24) is 4.90 Å². The lowest BCUT2D eigenvalue weighted by atomic mass is 10.1. The Labute approximate surface area is 106 Å². The fraction of sp³-hybridized carbons (Fsp3) is 0.462. The van der Waals surface area contributed by atoms with E-state index < -0.39 is 0 Å². The summed E-state index contributed by atoms with van der Waals surface area (Å²) in [4.78, 5) is 14.0. The molecule has 1 aliphatic heterocycles. The molecule has 1 aromatic rings. The number of hydrogen-bond acceptors (Lipinski definition) is 5. The highest BCUT2D eigenvalue weighted by molar-refractivity contribution is 5.98. The standard InChI is InChI=1S/C13H17NO4/c1-14(10-4-5-18-8-10)7-13(17)9-2-3-11(15)12(16)6-9/h2-3,6,10,15-16H,4-5,7-8H2,1H3. The number of phenolic OH excluding ortho intramolecular Hbond substituents is 2. The van der Waals surface area contributed by atoms with Crippen molar-refractivity contribution < 1.29 is 19.7 Å². The first-order valence-electron chi connectivity index (χ1n) is 5.91. The van der Waals surface area contributed by atoms with Gasteiger partial charge in [0.2, 0.25) is 0 Å². The van der Waals surface area contributed by atoms with E-state index in [9.17, 15) is 15.0 Å². The number of nitrogens with zero attached hydrogens (tertiary/aromatic N) is 1. The van der Waals surface area contributed by atoms with Crippen LogP contribution in [0, 0.1) is 0 Å². The molecule has 2 rings (SSSR count). The summed E-state index contributed by atoms with van der Waals surface area (Å²) < 4.78 is 5.27. The van der Waals surface area contributed by atoms with Gasteiger partial charge in [-0.3, -0.25) is 9.69 Å². The monoisotopic (exact) mass is 251 g/mol. The molecule has 18 heavy (non-hydrogen) atoms. The van der Waals surface area contributed by atoms with Crippen molar-refractivity contribution in [2.24, 2.45) is 0 Å². The lowest BCUT2D eigenvalue weighted by Gasteiger charge is -2.21. The van der Waals surface area contributed by atoms with Crippen LogP contribution >= 0.6 is 0 Å². The van der Waals surface area contributed by atoms with Gasteiger partial charge in [0.15, 0.2) is 17.3 Å². The molecule has 1 aromatic carbocycles. The molecule has 0 spiro atoms. The Kier molecular flexibility index (Phi) is 3.84. The molecule has 0 bridgehead atoms. The molecule has 1 heterocycles. The third-order valence-corrected chi connectivity index (χ3v) is 3.22. The van der Waals surface area contributed by atoms with Crippen LogP contribution in [-0.2, 0) is 4.74 Å². The van der Waals surface area contributed by atoms with E-state index in [1.807, 2.05) is 11.9 Å². The van der Waals surface area contributed by atoms with Gasteiger partial charge in [-0.2, -0.15) is 0 Å². The highest BCUT2D eigenvalue weighted by atomic mass is 16.5. The molecule has 1 saturated heterocycles. The predicted molar refractivity (Wildman–Crippen MR) is 66.0 cm³/mol. The van der Waals surface area contributed by atoms with E-state index in [2.05, 4.69) is 0 Å². The maximum atomic E-state index is 12.0. The molecule has 1 atom stereocenters. The second-order valence-electron chi connectivity index (χ2n) is 4.56.